The van der Waals surface area contributed by atoms with Gasteiger partial charge in [0.05, 0.1) is 6.54 Å². The van der Waals surface area contributed by atoms with Crippen molar-refractivity contribution in [3.05, 3.63) is 35.4 Å². The van der Waals surface area contributed by atoms with Gasteiger partial charge in [-0.25, -0.2) is 0 Å². The second-order valence-corrected chi connectivity index (χ2v) is 4.50. The lowest BCUT2D eigenvalue weighted by Gasteiger charge is -2.19. The topological polar surface area (TPSA) is 29.3 Å². The fraction of sp³-hybridized carbons (Fsp3) is 0.467. The molecule has 1 aromatic carbocycles. The van der Waals surface area contributed by atoms with Crippen LogP contribution >= 0.6 is 0 Å². The van der Waals surface area contributed by atoms with Crippen LogP contribution in [0.3, 0.4) is 0 Å². The summed E-state index contributed by atoms with van der Waals surface area (Å²) in [6, 6.07) is 9.29. The first-order valence-corrected chi connectivity index (χ1v) is 6.35. The first-order valence-electron chi connectivity index (χ1n) is 6.35. The Morgan fingerprint density at radius 2 is 2.24 bits per heavy atom. The molecule has 0 radical (unpaired) electrons. The Labute approximate surface area is 104 Å². The van der Waals surface area contributed by atoms with Gasteiger partial charge in [0, 0.05) is 18.2 Å². The van der Waals surface area contributed by atoms with Gasteiger partial charge in [0.25, 0.3) is 0 Å². The molecule has 0 spiro atoms. The molecule has 0 bridgehead atoms. The summed E-state index contributed by atoms with van der Waals surface area (Å²) in [6.45, 7) is 4.83. The van der Waals surface area contributed by atoms with Crippen LogP contribution in [-0.4, -0.2) is 24.0 Å². The monoisotopic (exact) mass is 228 g/mol. The van der Waals surface area contributed by atoms with Gasteiger partial charge in [-0.2, -0.15) is 0 Å². The highest BCUT2D eigenvalue weighted by molar-refractivity contribution is 5.37. The summed E-state index contributed by atoms with van der Waals surface area (Å²) in [7, 11) is 0. The van der Waals surface area contributed by atoms with Gasteiger partial charge in [-0.15, -0.1) is 0 Å². The number of benzene rings is 1. The van der Waals surface area contributed by atoms with E-state index in [-0.39, 0.29) is 0 Å². The van der Waals surface area contributed by atoms with Crippen molar-refractivity contribution in [3.8, 4) is 11.8 Å². The number of hydrogen-bond acceptors (Lipinski definition) is 2. The van der Waals surface area contributed by atoms with Gasteiger partial charge in [-0.1, -0.05) is 30.9 Å². The third-order valence-corrected chi connectivity index (χ3v) is 3.12. The summed E-state index contributed by atoms with van der Waals surface area (Å²) in [5.41, 5.74) is 7.80. The zero-order valence-corrected chi connectivity index (χ0v) is 10.4. The first-order chi connectivity index (χ1) is 8.33. The van der Waals surface area contributed by atoms with Crippen LogP contribution in [0, 0.1) is 11.8 Å². The highest BCUT2D eigenvalue weighted by atomic mass is 15.2. The van der Waals surface area contributed by atoms with Crippen LogP contribution < -0.4 is 5.73 Å². The molecule has 0 unspecified atom stereocenters. The van der Waals surface area contributed by atoms with Crippen molar-refractivity contribution in [1.29, 1.82) is 0 Å². The van der Waals surface area contributed by atoms with Gasteiger partial charge >= 0.3 is 0 Å². The standard InChI is InChI=1S/C15H20N2/c1-2-17(15-8-9-15)12-14-6-3-5-13(11-14)7-4-10-16/h3,5-6,11,15H,2,8-10,12,16H2,1H3. The van der Waals surface area contributed by atoms with Gasteiger partial charge in [-0.05, 0) is 37.1 Å². The van der Waals surface area contributed by atoms with Crippen molar-refractivity contribution in [3.63, 3.8) is 0 Å². The number of nitrogens with two attached hydrogens (primary N) is 1. The Kier molecular flexibility index (Phi) is 4.19. The highest BCUT2D eigenvalue weighted by Crippen LogP contribution is 2.27. The van der Waals surface area contributed by atoms with E-state index in [0.29, 0.717) is 6.54 Å². The van der Waals surface area contributed by atoms with Crippen LogP contribution in [0.25, 0.3) is 0 Å². The van der Waals surface area contributed by atoms with Crippen LogP contribution in [0.5, 0.6) is 0 Å². The zero-order chi connectivity index (χ0) is 12.1. The van der Waals surface area contributed by atoms with Crippen LogP contribution in [0.1, 0.15) is 30.9 Å². The van der Waals surface area contributed by atoms with Gasteiger partial charge in [0.2, 0.25) is 0 Å². The normalized spacial score (nSPS) is 14.5. The summed E-state index contributed by atoms with van der Waals surface area (Å²) < 4.78 is 0. The van der Waals surface area contributed by atoms with Crippen molar-refractivity contribution in [2.24, 2.45) is 5.73 Å². The summed E-state index contributed by atoms with van der Waals surface area (Å²) in [4.78, 5) is 2.54. The van der Waals surface area contributed by atoms with E-state index in [2.05, 4.69) is 41.9 Å². The van der Waals surface area contributed by atoms with E-state index in [1.165, 1.54) is 18.4 Å². The maximum absolute atomic E-state index is 5.38. The van der Waals surface area contributed by atoms with E-state index < -0.39 is 0 Å². The van der Waals surface area contributed by atoms with E-state index in [9.17, 15) is 0 Å². The molecule has 17 heavy (non-hydrogen) atoms. The van der Waals surface area contributed by atoms with E-state index >= 15 is 0 Å². The second-order valence-electron chi connectivity index (χ2n) is 4.50. The van der Waals surface area contributed by atoms with Crippen molar-refractivity contribution in [2.75, 3.05) is 13.1 Å². The zero-order valence-electron chi connectivity index (χ0n) is 10.4. The average Bonchev–Trinajstić information content (AvgIpc) is 3.18. The van der Waals surface area contributed by atoms with Crippen molar-refractivity contribution >= 4 is 0 Å². The van der Waals surface area contributed by atoms with E-state index in [1.54, 1.807) is 0 Å². The molecule has 2 nitrogen and oxygen atoms in total. The van der Waals surface area contributed by atoms with E-state index in [4.69, 9.17) is 5.73 Å². The minimum atomic E-state index is 0.424. The molecule has 0 aromatic heterocycles. The average molecular weight is 228 g/mol. The fourth-order valence-corrected chi connectivity index (χ4v) is 2.07. The summed E-state index contributed by atoms with van der Waals surface area (Å²) in [5, 5.41) is 0. The first kappa shape index (κ1) is 12.2. The summed E-state index contributed by atoms with van der Waals surface area (Å²) in [5.74, 6) is 5.99. The second kappa shape index (κ2) is 5.86. The van der Waals surface area contributed by atoms with Gasteiger partial charge in [0.1, 0.15) is 0 Å². The Morgan fingerprint density at radius 3 is 2.88 bits per heavy atom. The van der Waals surface area contributed by atoms with Crippen molar-refractivity contribution < 1.29 is 0 Å². The molecule has 1 saturated carbocycles. The molecular formula is C15H20N2. The number of rotatable bonds is 4. The van der Waals surface area contributed by atoms with Gasteiger partial charge in [0.15, 0.2) is 0 Å². The SMILES string of the molecule is CCN(Cc1cccc(C#CCN)c1)C1CC1. The lowest BCUT2D eigenvalue weighted by atomic mass is 10.1. The lowest BCUT2D eigenvalue weighted by Crippen LogP contribution is -2.24. The largest absolute Gasteiger partial charge is 0.320 e. The molecule has 2 N–H and O–H groups in total. The van der Waals surface area contributed by atoms with Crippen molar-refractivity contribution in [1.82, 2.24) is 4.90 Å². The molecule has 0 heterocycles. The smallest absolute Gasteiger partial charge is 0.0555 e. The van der Waals surface area contributed by atoms with E-state index in [0.717, 1.165) is 24.7 Å². The molecule has 90 valence electrons. The molecule has 2 heteroatoms. The Hall–Kier alpha value is -1.30. The minimum absolute atomic E-state index is 0.424. The summed E-state index contributed by atoms with van der Waals surface area (Å²) >= 11 is 0. The molecule has 2 rings (SSSR count). The third-order valence-electron chi connectivity index (χ3n) is 3.12. The number of hydrogen-bond donors (Lipinski definition) is 1. The quantitative estimate of drug-likeness (QED) is 0.798. The number of nitrogens with zero attached hydrogens (tertiary/aromatic N) is 1. The van der Waals surface area contributed by atoms with Crippen molar-refractivity contribution in [2.45, 2.75) is 32.4 Å². The fourth-order valence-electron chi connectivity index (χ4n) is 2.07. The van der Waals surface area contributed by atoms with Crippen LogP contribution in [0.2, 0.25) is 0 Å². The Morgan fingerprint density at radius 1 is 1.41 bits per heavy atom. The molecule has 1 aliphatic carbocycles. The molecule has 1 fully saturated rings. The maximum Gasteiger partial charge on any atom is 0.0555 e. The molecule has 0 aliphatic heterocycles. The predicted molar refractivity (Wildman–Crippen MR) is 71.5 cm³/mol. The highest BCUT2D eigenvalue weighted by Gasteiger charge is 2.27. The predicted octanol–water partition coefficient (Wildman–Crippen LogP) is 1.98. The molecule has 0 saturated heterocycles. The minimum Gasteiger partial charge on any atom is -0.320 e. The maximum atomic E-state index is 5.38. The van der Waals surface area contributed by atoms with Gasteiger partial charge < -0.3 is 5.73 Å². The van der Waals surface area contributed by atoms with Gasteiger partial charge in [-0.3, -0.25) is 4.90 Å². The Bertz CT molecular complexity index is 424. The Balaban J connectivity index is 2.04. The third kappa shape index (κ3) is 3.59. The van der Waals surface area contributed by atoms with Crippen LogP contribution in [-0.2, 0) is 6.54 Å². The molecule has 0 atom stereocenters. The molecule has 0 amide bonds. The lowest BCUT2D eigenvalue weighted by molar-refractivity contribution is 0.269. The van der Waals surface area contributed by atoms with E-state index in [1.807, 2.05) is 6.07 Å². The molecular weight excluding hydrogens is 208 g/mol. The molecule has 1 aromatic rings. The van der Waals surface area contributed by atoms with Crippen LogP contribution in [0.4, 0.5) is 0 Å². The molecule has 1 aliphatic rings. The van der Waals surface area contributed by atoms with Crippen LogP contribution in [0.15, 0.2) is 24.3 Å². The summed E-state index contributed by atoms with van der Waals surface area (Å²) in [6.07, 6.45) is 2.72.